The van der Waals surface area contributed by atoms with Crippen LogP contribution in [-0.2, 0) is 0 Å². The van der Waals surface area contributed by atoms with Gasteiger partial charge >= 0.3 is 0 Å². The van der Waals surface area contributed by atoms with Gasteiger partial charge in [-0.1, -0.05) is 24.3 Å². The largest absolute Gasteiger partial charge is 0.504 e. The van der Waals surface area contributed by atoms with Crippen molar-refractivity contribution >= 4 is 12.2 Å². The number of rotatable bonds is 2. The molecule has 0 bridgehead atoms. The lowest BCUT2D eigenvalue weighted by Gasteiger charge is -2.03. The van der Waals surface area contributed by atoms with Crippen LogP contribution in [0.4, 0.5) is 0 Å². The lowest BCUT2D eigenvalue weighted by atomic mass is 10.1. The van der Waals surface area contributed by atoms with Gasteiger partial charge in [-0.15, -0.1) is 0 Å². The molecule has 1 rings (SSSR count). The Morgan fingerprint density at radius 1 is 1.00 bits per heavy atom. The number of hydrogen-bond donors (Lipinski definition) is 2. The Bertz CT molecular complexity index is 376. The molecule has 0 saturated carbocycles. The van der Waals surface area contributed by atoms with E-state index in [1.165, 1.54) is 6.07 Å². The Morgan fingerprint density at radius 3 is 2.21 bits per heavy atom. The average molecular weight is 190 g/mol. The average Bonchev–Trinajstić information content (AvgIpc) is 2.14. The Morgan fingerprint density at radius 2 is 1.64 bits per heavy atom. The molecule has 0 saturated heterocycles. The molecule has 2 N–H and O–H groups in total. The minimum atomic E-state index is -0.0892. The first-order chi connectivity index (χ1) is 6.69. The molecule has 0 radical (unpaired) electrons. The maximum Gasteiger partial charge on any atom is 0.164 e. The molecule has 2 heteroatoms. The van der Waals surface area contributed by atoms with Gasteiger partial charge in [0.15, 0.2) is 11.5 Å². The summed E-state index contributed by atoms with van der Waals surface area (Å²) in [5, 5.41) is 18.9. The summed E-state index contributed by atoms with van der Waals surface area (Å²) < 4.78 is 0. The highest BCUT2D eigenvalue weighted by Crippen LogP contribution is 2.31. The third kappa shape index (κ3) is 2.16. The van der Waals surface area contributed by atoms with Crippen LogP contribution in [0.3, 0.4) is 0 Å². The van der Waals surface area contributed by atoms with Gasteiger partial charge in [0, 0.05) is 5.56 Å². The zero-order chi connectivity index (χ0) is 10.6. The van der Waals surface area contributed by atoms with Gasteiger partial charge < -0.3 is 10.2 Å². The SMILES string of the molecule is CC=Cc1cc(O)c(O)c(C=CC)c1. The summed E-state index contributed by atoms with van der Waals surface area (Å²) in [6, 6.07) is 3.34. The fourth-order valence-corrected chi connectivity index (χ4v) is 1.26. The van der Waals surface area contributed by atoms with Gasteiger partial charge in [-0.3, -0.25) is 0 Å². The predicted octanol–water partition coefficient (Wildman–Crippen LogP) is 3.16. The Balaban J connectivity index is 3.27. The van der Waals surface area contributed by atoms with E-state index in [2.05, 4.69) is 0 Å². The van der Waals surface area contributed by atoms with Crippen molar-refractivity contribution in [1.29, 1.82) is 0 Å². The molecule has 0 aromatic heterocycles. The molecule has 0 aliphatic heterocycles. The van der Waals surface area contributed by atoms with E-state index in [9.17, 15) is 10.2 Å². The second kappa shape index (κ2) is 4.51. The van der Waals surface area contributed by atoms with E-state index in [-0.39, 0.29) is 11.5 Å². The van der Waals surface area contributed by atoms with Crippen LogP contribution in [0, 0.1) is 0 Å². The van der Waals surface area contributed by atoms with Crippen molar-refractivity contribution in [3.63, 3.8) is 0 Å². The minimum Gasteiger partial charge on any atom is -0.504 e. The van der Waals surface area contributed by atoms with Crippen molar-refractivity contribution in [2.75, 3.05) is 0 Å². The Labute approximate surface area is 83.8 Å². The Kier molecular flexibility index (Phi) is 3.35. The van der Waals surface area contributed by atoms with E-state index in [0.29, 0.717) is 5.56 Å². The summed E-state index contributed by atoms with van der Waals surface area (Å²) in [4.78, 5) is 0. The summed E-state index contributed by atoms with van der Waals surface area (Å²) in [6.45, 7) is 3.76. The number of hydrogen-bond acceptors (Lipinski definition) is 2. The summed E-state index contributed by atoms with van der Waals surface area (Å²) in [5.74, 6) is -0.162. The fourth-order valence-electron chi connectivity index (χ4n) is 1.26. The molecule has 0 fully saturated rings. The minimum absolute atomic E-state index is 0.0728. The molecule has 0 unspecified atom stereocenters. The molecule has 1 aromatic carbocycles. The maximum atomic E-state index is 9.50. The quantitative estimate of drug-likeness (QED) is 0.703. The summed E-state index contributed by atoms with van der Waals surface area (Å²) in [7, 11) is 0. The molecule has 0 atom stereocenters. The van der Waals surface area contributed by atoms with Crippen LogP contribution in [0.15, 0.2) is 24.3 Å². The van der Waals surface area contributed by atoms with Gasteiger partial charge in [0.05, 0.1) is 0 Å². The van der Waals surface area contributed by atoms with Crippen LogP contribution >= 0.6 is 0 Å². The van der Waals surface area contributed by atoms with Crippen LogP contribution in [0.1, 0.15) is 25.0 Å². The van der Waals surface area contributed by atoms with E-state index in [0.717, 1.165) is 5.56 Å². The fraction of sp³-hybridized carbons (Fsp3) is 0.167. The van der Waals surface area contributed by atoms with Crippen molar-refractivity contribution in [3.05, 3.63) is 35.4 Å². The Hall–Kier alpha value is -1.70. The van der Waals surface area contributed by atoms with Gasteiger partial charge in [0.25, 0.3) is 0 Å². The highest BCUT2D eigenvalue weighted by Gasteiger charge is 2.04. The lowest BCUT2D eigenvalue weighted by Crippen LogP contribution is -1.79. The van der Waals surface area contributed by atoms with Gasteiger partial charge in [-0.05, 0) is 31.5 Å². The molecule has 0 heterocycles. The molecule has 1 aromatic rings. The van der Waals surface area contributed by atoms with Crippen molar-refractivity contribution in [2.45, 2.75) is 13.8 Å². The van der Waals surface area contributed by atoms with E-state index in [1.807, 2.05) is 38.1 Å². The second-order valence-corrected chi connectivity index (χ2v) is 2.98. The number of allylic oxidation sites excluding steroid dienone is 2. The molecule has 2 nitrogen and oxygen atoms in total. The lowest BCUT2D eigenvalue weighted by molar-refractivity contribution is 0.403. The van der Waals surface area contributed by atoms with Crippen molar-refractivity contribution in [3.8, 4) is 11.5 Å². The van der Waals surface area contributed by atoms with E-state index in [4.69, 9.17) is 0 Å². The molecular formula is C12H14O2. The molecule has 0 spiro atoms. The zero-order valence-electron chi connectivity index (χ0n) is 8.36. The predicted molar refractivity (Wildman–Crippen MR) is 59.2 cm³/mol. The number of aromatic hydroxyl groups is 2. The number of phenolic OH excluding ortho intramolecular Hbond substituents is 2. The standard InChI is InChI=1S/C12H14O2/c1-3-5-9-7-10(6-4-2)12(14)11(13)8-9/h3-8,13-14H,1-2H3. The van der Waals surface area contributed by atoms with Crippen LogP contribution in [0.5, 0.6) is 11.5 Å². The first-order valence-corrected chi connectivity index (χ1v) is 4.50. The van der Waals surface area contributed by atoms with Crippen molar-refractivity contribution < 1.29 is 10.2 Å². The van der Waals surface area contributed by atoms with Crippen LogP contribution in [0.2, 0.25) is 0 Å². The van der Waals surface area contributed by atoms with Gasteiger partial charge in [0.1, 0.15) is 0 Å². The third-order valence-corrected chi connectivity index (χ3v) is 1.85. The zero-order valence-corrected chi connectivity index (χ0v) is 8.36. The summed E-state index contributed by atoms with van der Waals surface area (Å²) >= 11 is 0. The van der Waals surface area contributed by atoms with Crippen LogP contribution < -0.4 is 0 Å². The molecular weight excluding hydrogens is 176 g/mol. The second-order valence-electron chi connectivity index (χ2n) is 2.98. The highest BCUT2D eigenvalue weighted by molar-refractivity contribution is 5.67. The maximum absolute atomic E-state index is 9.50. The van der Waals surface area contributed by atoms with Crippen molar-refractivity contribution in [2.24, 2.45) is 0 Å². The topological polar surface area (TPSA) is 40.5 Å². The molecule has 74 valence electrons. The monoisotopic (exact) mass is 190 g/mol. The van der Waals surface area contributed by atoms with Crippen molar-refractivity contribution in [1.82, 2.24) is 0 Å². The number of benzene rings is 1. The van der Waals surface area contributed by atoms with Gasteiger partial charge in [-0.25, -0.2) is 0 Å². The number of phenols is 2. The normalized spacial score (nSPS) is 11.6. The molecule has 14 heavy (non-hydrogen) atoms. The highest BCUT2D eigenvalue weighted by atomic mass is 16.3. The smallest absolute Gasteiger partial charge is 0.164 e. The molecule has 0 aliphatic rings. The van der Waals surface area contributed by atoms with Gasteiger partial charge in [0.2, 0.25) is 0 Å². The van der Waals surface area contributed by atoms with Gasteiger partial charge in [-0.2, -0.15) is 0 Å². The summed E-state index contributed by atoms with van der Waals surface area (Å²) in [5.41, 5.74) is 1.50. The molecule has 0 amide bonds. The summed E-state index contributed by atoms with van der Waals surface area (Å²) in [6.07, 6.45) is 7.31. The van der Waals surface area contributed by atoms with E-state index in [1.54, 1.807) is 6.08 Å². The first kappa shape index (κ1) is 10.4. The van der Waals surface area contributed by atoms with Crippen LogP contribution in [-0.4, -0.2) is 10.2 Å². The van der Waals surface area contributed by atoms with Crippen LogP contribution in [0.25, 0.3) is 12.2 Å². The first-order valence-electron chi connectivity index (χ1n) is 4.50. The molecule has 0 aliphatic carbocycles. The van der Waals surface area contributed by atoms with E-state index < -0.39 is 0 Å². The third-order valence-electron chi connectivity index (χ3n) is 1.85. The van der Waals surface area contributed by atoms with E-state index >= 15 is 0 Å².